The van der Waals surface area contributed by atoms with Gasteiger partial charge in [0, 0.05) is 34.9 Å². The lowest BCUT2D eigenvalue weighted by Crippen LogP contribution is -2.21. The molecule has 0 fully saturated rings. The van der Waals surface area contributed by atoms with Gasteiger partial charge in [-0.3, -0.25) is 4.79 Å². The summed E-state index contributed by atoms with van der Waals surface area (Å²) in [5.74, 6) is 0.0860. The fraction of sp³-hybridized carbons (Fsp3) is 0.222. The number of nitrogens with zero attached hydrogens (tertiary/aromatic N) is 1. The summed E-state index contributed by atoms with van der Waals surface area (Å²) < 4.78 is 47.1. The Labute approximate surface area is 162 Å². The van der Waals surface area contributed by atoms with E-state index in [0.717, 1.165) is 4.47 Å². The molecule has 2 aromatic rings. The molecular weight excluding hydrogens is 429 g/mol. The largest absolute Gasteiger partial charge is 0.496 e. The van der Waals surface area contributed by atoms with Crippen LogP contribution in [0.4, 0.5) is 13.2 Å². The van der Waals surface area contributed by atoms with Crippen LogP contribution in [0, 0.1) is 0 Å². The van der Waals surface area contributed by atoms with E-state index in [9.17, 15) is 18.0 Å². The lowest BCUT2D eigenvalue weighted by atomic mass is 10.2. The highest BCUT2D eigenvalue weighted by atomic mass is 79.9. The molecule has 0 saturated heterocycles. The van der Waals surface area contributed by atoms with Gasteiger partial charge in [0.2, 0.25) is 11.8 Å². The number of benzene rings is 1. The topological polar surface area (TPSA) is 60.5 Å². The Hall–Kier alpha value is -2.55. The van der Waals surface area contributed by atoms with Crippen molar-refractivity contribution in [1.29, 1.82) is 0 Å². The molecule has 0 bridgehead atoms. The van der Waals surface area contributed by atoms with Gasteiger partial charge in [0.1, 0.15) is 5.75 Å². The Morgan fingerprint density at radius 2 is 2.07 bits per heavy atom. The third-order valence-corrected chi connectivity index (χ3v) is 3.75. The number of carbonyl (C=O) groups is 1. The van der Waals surface area contributed by atoms with E-state index in [1.54, 1.807) is 24.3 Å². The smallest absolute Gasteiger partial charge is 0.422 e. The van der Waals surface area contributed by atoms with E-state index in [2.05, 4.69) is 31.0 Å². The molecule has 0 aliphatic rings. The minimum Gasteiger partial charge on any atom is -0.496 e. The predicted octanol–water partition coefficient (Wildman–Crippen LogP) is 4.12. The number of nitrogens with one attached hydrogen (secondary N) is 1. The van der Waals surface area contributed by atoms with Crippen LogP contribution < -0.4 is 14.8 Å². The average molecular weight is 445 g/mol. The summed E-state index contributed by atoms with van der Waals surface area (Å²) >= 11 is 3.35. The molecule has 144 valence electrons. The molecule has 0 spiro atoms. The third-order valence-electron chi connectivity index (χ3n) is 3.26. The van der Waals surface area contributed by atoms with Gasteiger partial charge in [-0.25, -0.2) is 4.98 Å². The number of rotatable bonds is 7. The molecule has 9 heteroatoms. The zero-order valence-corrected chi connectivity index (χ0v) is 15.8. The van der Waals surface area contributed by atoms with E-state index < -0.39 is 12.8 Å². The first-order valence-corrected chi connectivity index (χ1v) is 8.50. The lowest BCUT2D eigenvalue weighted by Gasteiger charge is -2.09. The van der Waals surface area contributed by atoms with Gasteiger partial charge in [-0.05, 0) is 35.9 Å². The van der Waals surface area contributed by atoms with Crippen LogP contribution in [0.1, 0.15) is 11.1 Å². The van der Waals surface area contributed by atoms with Gasteiger partial charge in [-0.1, -0.05) is 15.9 Å². The maximum Gasteiger partial charge on any atom is 0.422 e. The number of hydrogen-bond donors (Lipinski definition) is 1. The van der Waals surface area contributed by atoms with E-state index in [4.69, 9.17) is 4.74 Å². The van der Waals surface area contributed by atoms with Crippen LogP contribution in [0.3, 0.4) is 0 Å². The van der Waals surface area contributed by atoms with Crippen molar-refractivity contribution in [3.8, 4) is 11.6 Å². The molecule has 27 heavy (non-hydrogen) atoms. The monoisotopic (exact) mass is 444 g/mol. The Morgan fingerprint density at radius 3 is 2.78 bits per heavy atom. The molecule has 0 radical (unpaired) electrons. The van der Waals surface area contributed by atoms with Gasteiger partial charge in [-0.2, -0.15) is 13.2 Å². The second kappa shape index (κ2) is 9.40. The lowest BCUT2D eigenvalue weighted by molar-refractivity contribution is -0.154. The summed E-state index contributed by atoms with van der Waals surface area (Å²) in [4.78, 5) is 15.7. The minimum atomic E-state index is -4.44. The molecular formula is C18H16BrF3N2O3. The van der Waals surface area contributed by atoms with Gasteiger partial charge < -0.3 is 14.8 Å². The van der Waals surface area contributed by atoms with Crippen molar-refractivity contribution in [2.45, 2.75) is 12.7 Å². The fourth-order valence-electron chi connectivity index (χ4n) is 2.04. The molecule has 0 saturated carbocycles. The van der Waals surface area contributed by atoms with Crippen LogP contribution in [0.2, 0.25) is 0 Å². The summed E-state index contributed by atoms with van der Waals surface area (Å²) in [5, 5.41) is 2.64. The molecule has 1 amide bonds. The molecule has 1 aromatic carbocycles. The second-order valence-electron chi connectivity index (χ2n) is 5.34. The molecule has 2 rings (SSSR count). The van der Waals surface area contributed by atoms with Crippen molar-refractivity contribution < 1.29 is 27.4 Å². The van der Waals surface area contributed by atoms with Gasteiger partial charge in [0.25, 0.3) is 0 Å². The van der Waals surface area contributed by atoms with Gasteiger partial charge in [-0.15, -0.1) is 0 Å². The van der Waals surface area contributed by atoms with E-state index in [1.807, 2.05) is 6.07 Å². The number of pyridine rings is 1. The van der Waals surface area contributed by atoms with Gasteiger partial charge in [0.15, 0.2) is 6.61 Å². The highest BCUT2D eigenvalue weighted by Crippen LogP contribution is 2.24. The molecule has 1 heterocycles. The Bertz CT molecular complexity index is 826. The van der Waals surface area contributed by atoms with Crippen LogP contribution in [0.5, 0.6) is 11.6 Å². The van der Waals surface area contributed by atoms with Crippen molar-refractivity contribution in [2.24, 2.45) is 0 Å². The van der Waals surface area contributed by atoms with Gasteiger partial charge in [0.05, 0.1) is 7.11 Å². The van der Waals surface area contributed by atoms with E-state index in [-0.39, 0.29) is 18.3 Å². The first-order chi connectivity index (χ1) is 12.8. The van der Waals surface area contributed by atoms with Crippen LogP contribution >= 0.6 is 15.9 Å². The van der Waals surface area contributed by atoms with Crippen LogP contribution in [-0.4, -0.2) is 30.8 Å². The van der Waals surface area contributed by atoms with Crippen molar-refractivity contribution in [3.05, 3.63) is 58.2 Å². The van der Waals surface area contributed by atoms with Crippen LogP contribution in [0.25, 0.3) is 6.08 Å². The number of halogens is 4. The summed E-state index contributed by atoms with van der Waals surface area (Å²) in [6.45, 7) is -1.31. The molecule has 0 aliphatic carbocycles. The minimum absolute atomic E-state index is 0.115. The zero-order chi connectivity index (χ0) is 19.9. The van der Waals surface area contributed by atoms with Crippen molar-refractivity contribution in [1.82, 2.24) is 10.3 Å². The summed E-state index contributed by atoms with van der Waals surface area (Å²) in [6, 6.07) is 8.30. The van der Waals surface area contributed by atoms with Gasteiger partial charge >= 0.3 is 6.18 Å². The third kappa shape index (κ3) is 7.30. The molecule has 5 nitrogen and oxygen atoms in total. The number of alkyl halides is 3. The molecule has 0 unspecified atom stereocenters. The highest BCUT2D eigenvalue weighted by Gasteiger charge is 2.28. The fourth-order valence-corrected chi connectivity index (χ4v) is 2.42. The summed E-state index contributed by atoms with van der Waals surface area (Å²) in [6.07, 6.45) is -0.185. The number of carbonyl (C=O) groups excluding carboxylic acids is 1. The summed E-state index contributed by atoms with van der Waals surface area (Å²) in [5.41, 5.74) is 1.28. The number of hydrogen-bond acceptors (Lipinski definition) is 4. The van der Waals surface area contributed by atoms with Crippen molar-refractivity contribution in [3.63, 3.8) is 0 Å². The first-order valence-electron chi connectivity index (χ1n) is 7.71. The standard InChI is InChI=1S/C18H16BrF3N2O3/c1-26-15-4-3-14(19)9-13(15)2-5-16(25)24-10-12-6-7-23-17(8-12)27-11-18(20,21)22/h2-9H,10-11H2,1H3,(H,24,25)/b5-2+. The maximum atomic E-state index is 12.2. The second-order valence-corrected chi connectivity index (χ2v) is 6.26. The van der Waals surface area contributed by atoms with E-state index in [0.29, 0.717) is 16.9 Å². The van der Waals surface area contributed by atoms with Crippen molar-refractivity contribution >= 4 is 27.9 Å². The average Bonchev–Trinajstić information content (AvgIpc) is 2.63. The van der Waals surface area contributed by atoms with Crippen molar-refractivity contribution in [2.75, 3.05) is 13.7 Å². The molecule has 1 N–H and O–H groups in total. The summed E-state index contributed by atoms with van der Waals surface area (Å²) in [7, 11) is 1.53. The predicted molar refractivity (Wildman–Crippen MR) is 97.4 cm³/mol. The number of aromatic nitrogens is 1. The first kappa shape index (κ1) is 20.8. The Balaban J connectivity index is 1.93. The van der Waals surface area contributed by atoms with Crippen LogP contribution in [-0.2, 0) is 11.3 Å². The zero-order valence-electron chi connectivity index (χ0n) is 14.2. The normalized spacial score (nSPS) is 11.4. The molecule has 0 atom stereocenters. The van der Waals surface area contributed by atoms with E-state index in [1.165, 1.54) is 25.4 Å². The Kier molecular flexibility index (Phi) is 7.23. The number of ether oxygens (including phenoxy) is 2. The maximum absolute atomic E-state index is 12.2. The SMILES string of the molecule is COc1ccc(Br)cc1/C=C/C(=O)NCc1ccnc(OCC(F)(F)F)c1. The number of methoxy groups -OCH3 is 1. The van der Waals surface area contributed by atoms with Crippen LogP contribution in [0.15, 0.2) is 47.1 Å². The molecule has 0 aliphatic heterocycles. The molecule has 1 aromatic heterocycles. The Morgan fingerprint density at radius 1 is 1.30 bits per heavy atom. The highest BCUT2D eigenvalue weighted by molar-refractivity contribution is 9.10. The quantitative estimate of drug-likeness (QED) is 0.652. The number of amides is 1. The van der Waals surface area contributed by atoms with E-state index >= 15 is 0 Å².